The third kappa shape index (κ3) is 4.28. The van der Waals surface area contributed by atoms with Crippen molar-refractivity contribution >= 4 is 23.5 Å². The van der Waals surface area contributed by atoms with Gasteiger partial charge in [0, 0.05) is 23.5 Å². The monoisotopic (exact) mass is 376 g/mol. The largest absolute Gasteiger partial charge is 0.462 e. The van der Waals surface area contributed by atoms with Crippen LogP contribution < -0.4 is 0 Å². The molecular formula is C20H25ClN2O3. The molecule has 1 atom stereocenters. The first kappa shape index (κ1) is 20.0. The zero-order valence-electron chi connectivity index (χ0n) is 15.9. The first-order chi connectivity index (χ1) is 12.3. The molecule has 6 heteroatoms. The molecule has 140 valence electrons. The number of hydrogen-bond acceptors (Lipinski definition) is 3. The Balaban J connectivity index is 2.16. The van der Waals surface area contributed by atoms with E-state index in [2.05, 4.69) is 0 Å². The van der Waals surface area contributed by atoms with E-state index in [4.69, 9.17) is 16.3 Å². The molecule has 0 N–H and O–H groups in total. The summed E-state index contributed by atoms with van der Waals surface area (Å²) in [4.78, 5) is 26.5. The van der Waals surface area contributed by atoms with E-state index in [0.29, 0.717) is 17.2 Å². The average molecular weight is 377 g/mol. The molecule has 2 rings (SSSR count). The molecule has 0 saturated heterocycles. The average Bonchev–Trinajstić information content (AvgIpc) is 2.89. The van der Waals surface area contributed by atoms with Crippen LogP contribution in [0.3, 0.4) is 0 Å². The van der Waals surface area contributed by atoms with Gasteiger partial charge >= 0.3 is 5.97 Å². The lowest BCUT2D eigenvalue weighted by molar-refractivity contribution is -0.132. The predicted octanol–water partition coefficient (Wildman–Crippen LogP) is 4.15. The smallest absolute Gasteiger partial charge is 0.339 e. The molecule has 0 aliphatic carbocycles. The highest BCUT2D eigenvalue weighted by atomic mass is 35.5. The normalized spacial score (nSPS) is 11.9. The van der Waals surface area contributed by atoms with Crippen LogP contribution >= 0.6 is 11.6 Å². The standard InChI is InChI=1S/C20H25ClN2O3/c1-6-26-20(25)18-11-13(2)23(15(18)4)12-19(24)22(5)14(3)16-7-9-17(21)10-8-16/h7-11,14H,6,12H2,1-5H3. The predicted molar refractivity (Wildman–Crippen MR) is 102 cm³/mol. The molecule has 1 heterocycles. The number of amides is 1. The topological polar surface area (TPSA) is 51.5 Å². The summed E-state index contributed by atoms with van der Waals surface area (Å²) < 4.78 is 6.92. The van der Waals surface area contributed by atoms with Crippen LogP contribution in [0.2, 0.25) is 5.02 Å². The lowest BCUT2D eigenvalue weighted by atomic mass is 10.1. The highest BCUT2D eigenvalue weighted by molar-refractivity contribution is 6.30. The van der Waals surface area contributed by atoms with Crippen molar-refractivity contribution in [2.24, 2.45) is 0 Å². The summed E-state index contributed by atoms with van der Waals surface area (Å²) in [5.41, 5.74) is 3.11. The lowest BCUT2D eigenvalue weighted by Gasteiger charge is -2.26. The molecule has 0 radical (unpaired) electrons. The maximum Gasteiger partial charge on any atom is 0.339 e. The quantitative estimate of drug-likeness (QED) is 0.711. The van der Waals surface area contributed by atoms with Crippen LogP contribution in [0.25, 0.3) is 0 Å². The molecule has 0 fully saturated rings. The number of hydrogen-bond donors (Lipinski definition) is 0. The first-order valence-corrected chi connectivity index (χ1v) is 8.99. The number of nitrogens with zero attached hydrogens (tertiary/aromatic N) is 2. The number of rotatable bonds is 6. The highest BCUT2D eigenvalue weighted by Gasteiger charge is 2.22. The van der Waals surface area contributed by atoms with Crippen LogP contribution in [0.1, 0.15) is 47.2 Å². The summed E-state index contributed by atoms with van der Waals surface area (Å²) in [7, 11) is 1.78. The number of aromatic nitrogens is 1. The Morgan fingerprint density at radius 3 is 2.42 bits per heavy atom. The molecular weight excluding hydrogens is 352 g/mol. The summed E-state index contributed by atoms with van der Waals surface area (Å²) in [6, 6.07) is 9.16. The van der Waals surface area contributed by atoms with Crippen LogP contribution in [-0.4, -0.2) is 35.0 Å². The molecule has 0 bridgehead atoms. The number of esters is 1. The third-order valence-corrected chi connectivity index (χ3v) is 4.94. The van der Waals surface area contributed by atoms with E-state index in [1.807, 2.05) is 49.6 Å². The van der Waals surface area contributed by atoms with Crippen LogP contribution in [-0.2, 0) is 16.1 Å². The fraction of sp³-hybridized carbons (Fsp3) is 0.400. The summed E-state index contributed by atoms with van der Waals surface area (Å²) >= 11 is 5.93. The number of benzene rings is 1. The molecule has 1 aromatic heterocycles. The van der Waals surface area contributed by atoms with Crippen molar-refractivity contribution in [3.63, 3.8) is 0 Å². The second kappa shape index (κ2) is 8.41. The van der Waals surface area contributed by atoms with Gasteiger partial charge in [-0.1, -0.05) is 23.7 Å². The molecule has 0 spiro atoms. The fourth-order valence-electron chi connectivity index (χ4n) is 2.89. The summed E-state index contributed by atoms with van der Waals surface area (Å²) in [5.74, 6) is -0.396. The lowest BCUT2D eigenvalue weighted by Crippen LogP contribution is -2.33. The van der Waals surface area contributed by atoms with E-state index < -0.39 is 0 Å². The second-order valence-electron chi connectivity index (χ2n) is 6.32. The van der Waals surface area contributed by atoms with Crippen LogP contribution in [0.15, 0.2) is 30.3 Å². The highest BCUT2D eigenvalue weighted by Crippen LogP contribution is 2.22. The number of likely N-dealkylation sites (N-methyl/N-ethyl adjacent to an activating group) is 1. The van der Waals surface area contributed by atoms with Gasteiger partial charge in [0.2, 0.25) is 5.91 Å². The van der Waals surface area contributed by atoms with E-state index in [1.165, 1.54) is 0 Å². The Hall–Kier alpha value is -2.27. The maximum absolute atomic E-state index is 12.8. The molecule has 0 aliphatic rings. The minimum Gasteiger partial charge on any atom is -0.462 e. The number of aryl methyl sites for hydroxylation is 1. The molecule has 0 aliphatic heterocycles. The van der Waals surface area contributed by atoms with Crippen molar-refractivity contribution in [3.05, 3.63) is 57.9 Å². The molecule has 1 aromatic carbocycles. The van der Waals surface area contributed by atoms with Crippen molar-refractivity contribution in [3.8, 4) is 0 Å². The molecule has 26 heavy (non-hydrogen) atoms. The SMILES string of the molecule is CCOC(=O)c1cc(C)n(CC(=O)N(C)C(C)c2ccc(Cl)cc2)c1C. The maximum atomic E-state index is 12.8. The van der Waals surface area contributed by atoms with Crippen LogP contribution in [0.4, 0.5) is 0 Å². The zero-order valence-corrected chi connectivity index (χ0v) is 16.6. The van der Waals surface area contributed by atoms with E-state index >= 15 is 0 Å². The molecule has 1 unspecified atom stereocenters. The summed E-state index contributed by atoms with van der Waals surface area (Å²) in [5, 5.41) is 0.667. The number of carbonyl (C=O) groups is 2. The van der Waals surface area contributed by atoms with E-state index in [9.17, 15) is 9.59 Å². The Morgan fingerprint density at radius 1 is 1.23 bits per heavy atom. The van der Waals surface area contributed by atoms with E-state index in [0.717, 1.165) is 17.0 Å². The van der Waals surface area contributed by atoms with Gasteiger partial charge in [-0.05, 0) is 51.5 Å². The first-order valence-electron chi connectivity index (χ1n) is 8.61. The van der Waals surface area contributed by atoms with Crippen LogP contribution in [0.5, 0.6) is 0 Å². The van der Waals surface area contributed by atoms with Gasteiger partial charge in [0.1, 0.15) is 6.54 Å². The van der Waals surface area contributed by atoms with Gasteiger partial charge in [-0.2, -0.15) is 0 Å². The van der Waals surface area contributed by atoms with E-state index in [-0.39, 0.29) is 24.5 Å². The van der Waals surface area contributed by atoms with Gasteiger partial charge in [-0.25, -0.2) is 4.79 Å². The zero-order chi connectivity index (χ0) is 19.4. The van der Waals surface area contributed by atoms with Crippen molar-refractivity contribution < 1.29 is 14.3 Å². The van der Waals surface area contributed by atoms with Crippen molar-refractivity contribution in [2.45, 2.75) is 40.3 Å². The van der Waals surface area contributed by atoms with Gasteiger partial charge in [0.25, 0.3) is 0 Å². The van der Waals surface area contributed by atoms with Crippen molar-refractivity contribution in [1.29, 1.82) is 0 Å². The number of halogens is 1. The Bertz CT molecular complexity index is 796. The summed E-state index contributed by atoms with van der Waals surface area (Å²) in [6.07, 6.45) is 0. The molecule has 1 amide bonds. The Labute approximate surface area is 159 Å². The van der Waals surface area contributed by atoms with Gasteiger partial charge in [-0.3, -0.25) is 4.79 Å². The number of carbonyl (C=O) groups excluding carboxylic acids is 2. The molecule has 2 aromatic rings. The second-order valence-corrected chi connectivity index (χ2v) is 6.76. The number of ether oxygens (including phenoxy) is 1. The summed E-state index contributed by atoms with van der Waals surface area (Å²) in [6.45, 7) is 7.95. The molecule has 5 nitrogen and oxygen atoms in total. The fourth-order valence-corrected chi connectivity index (χ4v) is 3.01. The molecule has 0 saturated carbocycles. The van der Waals surface area contributed by atoms with Gasteiger partial charge in [-0.15, -0.1) is 0 Å². The van der Waals surface area contributed by atoms with Gasteiger partial charge in [0.15, 0.2) is 0 Å². The van der Waals surface area contributed by atoms with Gasteiger partial charge < -0.3 is 14.2 Å². The van der Waals surface area contributed by atoms with Crippen LogP contribution in [0, 0.1) is 13.8 Å². The Kier molecular flexibility index (Phi) is 6.48. The Morgan fingerprint density at radius 2 is 1.85 bits per heavy atom. The minimum absolute atomic E-state index is 0.0374. The van der Waals surface area contributed by atoms with E-state index in [1.54, 1.807) is 24.9 Å². The minimum atomic E-state index is -0.359. The van der Waals surface area contributed by atoms with Crippen molar-refractivity contribution in [1.82, 2.24) is 9.47 Å². The third-order valence-electron chi connectivity index (χ3n) is 4.69. The van der Waals surface area contributed by atoms with Gasteiger partial charge in [0.05, 0.1) is 18.2 Å². The van der Waals surface area contributed by atoms with Crippen molar-refractivity contribution in [2.75, 3.05) is 13.7 Å².